The third-order valence-electron chi connectivity index (χ3n) is 4.96. The van der Waals surface area contributed by atoms with E-state index in [0.717, 1.165) is 35.4 Å². The summed E-state index contributed by atoms with van der Waals surface area (Å²) < 4.78 is 5.29. The van der Waals surface area contributed by atoms with Gasteiger partial charge in [-0.2, -0.15) is 0 Å². The molecule has 142 valence electrons. The van der Waals surface area contributed by atoms with Crippen molar-refractivity contribution in [2.24, 2.45) is 0 Å². The topological polar surface area (TPSA) is 54.5 Å². The second-order valence-corrected chi connectivity index (χ2v) is 6.91. The average Bonchev–Trinajstić information content (AvgIpc) is 2.73. The second-order valence-electron chi connectivity index (χ2n) is 6.91. The van der Waals surface area contributed by atoms with E-state index in [4.69, 9.17) is 4.74 Å². The Labute approximate surface area is 161 Å². The van der Waals surface area contributed by atoms with Crippen molar-refractivity contribution in [1.29, 1.82) is 0 Å². The largest absolute Gasteiger partial charge is 0.497 e. The normalized spacial score (nSPS) is 16.4. The lowest BCUT2D eigenvalue weighted by Gasteiger charge is -2.31. The van der Waals surface area contributed by atoms with Gasteiger partial charge < -0.3 is 9.64 Å². The van der Waals surface area contributed by atoms with Crippen molar-refractivity contribution in [2.45, 2.75) is 32.4 Å². The summed E-state index contributed by atoms with van der Waals surface area (Å²) in [6, 6.07) is 11.7. The van der Waals surface area contributed by atoms with Gasteiger partial charge in [0.05, 0.1) is 13.2 Å². The number of rotatable bonds is 6. The Morgan fingerprint density at radius 3 is 2.85 bits per heavy atom. The first kappa shape index (κ1) is 19.1. The van der Waals surface area contributed by atoms with Crippen molar-refractivity contribution in [1.82, 2.24) is 15.2 Å². The first-order chi connectivity index (χ1) is 13.1. The Balaban J connectivity index is 1.62. The maximum Gasteiger partial charge on any atom is 0.239 e. The summed E-state index contributed by atoms with van der Waals surface area (Å²) in [6.07, 6.45) is 6.69. The molecule has 1 aromatic carbocycles. The number of hydrogen-bond donors (Lipinski definition) is 1. The lowest BCUT2D eigenvalue weighted by atomic mass is 10.0. The zero-order chi connectivity index (χ0) is 19.2. The Kier molecular flexibility index (Phi) is 6.24. The molecular weight excluding hydrogens is 338 g/mol. The van der Waals surface area contributed by atoms with E-state index in [0.29, 0.717) is 6.54 Å². The van der Waals surface area contributed by atoms with Crippen LogP contribution >= 0.6 is 0 Å². The maximum atomic E-state index is 13.0. The SMILES string of the molecule is COc1cccc([C@@H](C)N[C@@H](C)C(=O)N2CCC=C(c3cccnc3)C2)c1. The number of methoxy groups -OCH3 is 1. The van der Waals surface area contributed by atoms with Crippen LogP contribution in [0.1, 0.15) is 37.4 Å². The number of aromatic nitrogens is 1. The van der Waals surface area contributed by atoms with Crippen molar-refractivity contribution in [3.63, 3.8) is 0 Å². The van der Waals surface area contributed by atoms with Gasteiger partial charge in [0.1, 0.15) is 5.75 Å². The van der Waals surface area contributed by atoms with Crippen molar-refractivity contribution >= 4 is 11.5 Å². The molecule has 3 rings (SSSR count). The third kappa shape index (κ3) is 4.74. The van der Waals surface area contributed by atoms with Crippen LogP contribution in [0.25, 0.3) is 5.57 Å². The lowest BCUT2D eigenvalue weighted by molar-refractivity contribution is -0.132. The van der Waals surface area contributed by atoms with Gasteiger partial charge in [0, 0.05) is 31.5 Å². The quantitative estimate of drug-likeness (QED) is 0.852. The van der Waals surface area contributed by atoms with Gasteiger partial charge in [-0.3, -0.25) is 15.1 Å². The standard InChI is InChI=1S/C22H27N3O2/c1-16(18-7-4-10-21(13-18)27-3)24-17(2)22(26)25-12-6-9-20(15-25)19-8-5-11-23-14-19/h4-5,7-11,13-14,16-17,24H,6,12,15H2,1-3H3/t16-,17+/m1/s1. The number of pyridine rings is 1. The molecule has 0 unspecified atom stereocenters. The molecule has 27 heavy (non-hydrogen) atoms. The van der Waals surface area contributed by atoms with Gasteiger partial charge in [0.2, 0.25) is 5.91 Å². The number of carbonyl (C=O) groups is 1. The van der Waals surface area contributed by atoms with Gasteiger partial charge in [-0.05, 0) is 55.2 Å². The molecule has 0 fully saturated rings. The summed E-state index contributed by atoms with van der Waals surface area (Å²) in [5.74, 6) is 0.946. The van der Waals surface area contributed by atoms with Gasteiger partial charge in [0.15, 0.2) is 0 Å². The molecule has 1 aliphatic rings. The van der Waals surface area contributed by atoms with E-state index in [1.165, 1.54) is 0 Å². The number of carbonyl (C=O) groups excluding carboxylic acids is 1. The predicted molar refractivity (Wildman–Crippen MR) is 107 cm³/mol. The van der Waals surface area contributed by atoms with Gasteiger partial charge in [-0.15, -0.1) is 0 Å². The van der Waals surface area contributed by atoms with E-state index in [2.05, 4.69) is 23.3 Å². The monoisotopic (exact) mass is 365 g/mol. The Bertz CT molecular complexity index is 804. The van der Waals surface area contributed by atoms with E-state index in [-0.39, 0.29) is 18.0 Å². The molecule has 1 aliphatic heterocycles. The van der Waals surface area contributed by atoms with Crippen LogP contribution in [0.2, 0.25) is 0 Å². The first-order valence-corrected chi connectivity index (χ1v) is 9.36. The lowest BCUT2D eigenvalue weighted by Crippen LogP contribution is -2.47. The molecule has 0 bridgehead atoms. The predicted octanol–water partition coefficient (Wildman–Crippen LogP) is 3.45. The number of hydrogen-bond acceptors (Lipinski definition) is 4. The van der Waals surface area contributed by atoms with Crippen LogP contribution in [0.4, 0.5) is 0 Å². The fourth-order valence-corrected chi connectivity index (χ4v) is 3.42. The molecule has 1 N–H and O–H groups in total. The smallest absolute Gasteiger partial charge is 0.239 e. The van der Waals surface area contributed by atoms with Crippen LogP contribution in [0, 0.1) is 0 Å². The summed E-state index contributed by atoms with van der Waals surface area (Å²) in [6.45, 7) is 5.38. The number of nitrogens with zero attached hydrogens (tertiary/aromatic N) is 2. The minimum absolute atomic E-state index is 0.0529. The van der Waals surface area contributed by atoms with Crippen molar-refractivity contribution in [3.8, 4) is 5.75 Å². The van der Waals surface area contributed by atoms with Gasteiger partial charge in [-0.25, -0.2) is 0 Å². The average molecular weight is 365 g/mol. The van der Waals surface area contributed by atoms with Crippen LogP contribution in [0.3, 0.4) is 0 Å². The first-order valence-electron chi connectivity index (χ1n) is 9.36. The summed E-state index contributed by atoms with van der Waals surface area (Å²) in [4.78, 5) is 19.1. The maximum absolute atomic E-state index is 13.0. The Hall–Kier alpha value is -2.66. The molecule has 0 aliphatic carbocycles. The zero-order valence-electron chi connectivity index (χ0n) is 16.2. The Morgan fingerprint density at radius 1 is 1.26 bits per heavy atom. The van der Waals surface area contributed by atoms with E-state index in [1.807, 2.05) is 54.4 Å². The van der Waals surface area contributed by atoms with E-state index in [1.54, 1.807) is 13.3 Å². The number of benzene rings is 1. The van der Waals surface area contributed by atoms with Crippen LogP contribution in [0.5, 0.6) is 5.75 Å². The second kappa shape index (κ2) is 8.82. The molecule has 0 spiro atoms. The van der Waals surface area contributed by atoms with Gasteiger partial charge >= 0.3 is 0 Å². The summed E-state index contributed by atoms with van der Waals surface area (Å²) in [7, 11) is 1.66. The molecule has 0 radical (unpaired) electrons. The number of amides is 1. The van der Waals surface area contributed by atoms with E-state index >= 15 is 0 Å². The molecule has 1 aromatic heterocycles. The molecule has 0 saturated heterocycles. The molecule has 0 saturated carbocycles. The highest BCUT2D eigenvalue weighted by atomic mass is 16.5. The highest BCUT2D eigenvalue weighted by Gasteiger charge is 2.25. The van der Waals surface area contributed by atoms with Gasteiger partial charge in [-0.1, -0.05) is 24.3 Å². The van der Waals surface area contributed by atoms with Crippen LogP contribution in [-0.2, 0) is 4.79 Å². The highest BCUT2D eigenvalue weighted by Crippen LogP contribution is 2.22. The minimum atomic E-state index is -0.264. The van der Waals surface area contributed by atoms with Crippen molar-refractivity contribution < 1.29 is 9.53 Å². The highest BCUT2D eigenvalue weighted by molar-refractivity contribution is 5.84. The van der Waals surface area contributed by atoms with E-state index < -0.39 is 0 Å². The summed E-state index contributed by atoms with van der Waals surface area (Å²) in [5, 5.41) is 3.42. The molecule has 5 heteroatoms. The minimum Gasteiger partial charge on any atom is -0.497 e. The molecule has 2 aromatic rings. The number of nitrogens with one attached hydrogen (secondary N) is 1. The molecule has 2 atom stereocenters. The van der Waals surface area contributed by atoms with Crippen LogP contribution in [0.15, 0.2) is 54.9 Å². The Morgan fingerprint density at radius 2 is 2.11 bits per heavy atom. The third-order valence-corrected chi connectivity index (χ3v) is 4.96. The van der Waals surface area contributed by atoms with Crippen LogP contribution in [-0.4, -0.2) is 42.0 Å². The summed E-state index contributed by atoms with van der Waals surface area (Å²) >= 11 is 0. The van der Waals surface area contributed by atoms with E-state index in [9.17, 15) is 4.79 Å². The van der Waals surface area contributed by atoms with Crippen LogP contribution < -0.4 is 10.1 Å². The molecule has 5 nitrogen and oxygen atoms in total. The fourth-order valence-electron chi connectivity index (χ4n) is 3.42. The molecular formula is C22H27N3O2. The van der Waals surface area contributed by atoms with Gasteiger partial charge in [0.25, 0.3) is 0 Å². The van der Waals surface area contributed by atoms with Crippen molar-refractivity contribution in [2.75, 3.05) is 20.2 Å². The summed E-state index contributed by atoms with van der Waals surface area (Å²) in [5.41, 5.74) is 3.35. The van der Waals surface area contributed by atoms with Crippen molar-refractivity contribution in [3.05, 3.63) is 66.0 Å². The molecule has 1 amide bonds. The number of ether oxygens (including phenoxy) is 1. The molecule has 2 heterocycles. The fraction of sp³-hybridized carbons (Fsp3) is 0.364. The zero-order valence-corrected chi connectivity index (χ0v) is 16.2.